The highest BCUT2D eigenvalue weighted by molar-refractivity contribution is 7.04. The van der Waals surface area contributed by atoms with E-state index in [1.807, 2.05) is 0 Å². The number of para-hydroxylation sites is 8. The highest BCUT2D eigenvalue weighted by Crippen LogP contribution is 2.49. The number of hydrogen-bond acceptors (Lipinski definition) is 4. The second kappa shape index (κ2) is 31.0. The van der Waals surface area contributed by atoms with Gasteiger partial charge in [-0.2, -0.15) is 0 Å². The molecule has 8 aliphatic heterocycles. The molecule has 592 valence electrons. The summed E-state index contributed by atoms with van der Waals surface area (Å²) >= 11 is 0. The molecule has 0 unspecified atom stereocenters. The molecule has 0 amide bonds. The average Bonchev–Trinajstić information content (AvgIpc) is 1.55. The maximum Gasteiger partial charge on any atom is 0.249 e. The lowest BCUT2D eigenvalue weighted by atomic mass is 9.36. The van der Waals surface area contributed by atoms with Crippen LogP contribution in [0.2, 0.25) is 0 Å². The van der Waals surface area contributed by atoms with Crippen LogP contribution in [0.15, 0.2) is 485 Å². The maximum absolute atomic E-state index is 2.45. The van der Waals surface area contributed by atoms with Crippen molar-refractivity contribution in [3.05, 3.63) is 485 Å². The van der Waals surface area contributed by atoms with Gasteiger partial charge in [-0.15, -0.1) is 0 Å². The number of hydrogen-bond donors (Lipinski definition) is 0. The molecule has 0 aromatic heterocycles. The molecule has 20 aromatic rings. The van der Waals surface area contributed by atoms with Crippen molar-refractivity contribution in [2.24, 2.45) is 0 Å². The van der Waals surface area contributed by atoms with Crippen LogP contribution in [0.4, 0.5) is 68.2 Å². The van der Waals surface area contributed by atoms with E-state index < -0.39 is 0 Å². The van der Waals surface area contributed by atoms with Crippen molar-refractivity contribution in [2.75, 3.05) is 19.6 Å². The van der Waals surface area contributed by atoms with Crippen LogP contribution in [-0.4, -0.2) is 26.9 Å². The summed E-state index contributed by atoms with van der Waals surface area (Å²) in [6, 6.07) is 176. The molecule has 0 aliphatic carbocycles. The van der Waals surface area contributed by atoms with E-state index in [1.165, 1.54) is 223 Å². The molecule has 8 heteroatoms. The fourth-order valence-corrected chi connectivity index (χ4v) is 22.3. The quantitative estimate of drug-likeness (QED) is 0.141. The van der Waals surface area contributed by atoms with Crippen molar-refractivity contribution < 1.29 is 0 Å². The van der Waals surface area contributed by atoms with Crippen LogP contribution in [0.1, 0.15) is 0 Å². The van der Waals surface area contributed by atoms with E-state index in [-0.39, 0.29) is 26.9 Å². The lowest BCUT2D eigenvalue weighted by Crippen LogP contribution is -2.55. The van der Waals surface area contributed by atoms with Gasteiger partial charge < -0.3 is 19.6 Å². The Balaban J connectivity index is 0.0000000926. The monoisotopic (exact) mass is 1620 g/mol. The lowest BCUT2D eigenvalue weighted by molar-refractivity contribution is 1.30. The summed E-state index contributed by atoms with van der Waals surface area (Å²) in [5.41, 5.74) is 53.0. The number of fused-ring (bicyclic) bond motifs is 20. The Morgan fingerprint density at radius 1 is 0.125 bits per heavy atom. The highest BCUT2D eigenvalue weighted by atomic mass is 15.2. The first-order chi connectivity index (χ1) is 63.6. The Morgan fingerprint density at radius 3 is 0.914 bits per heavy atom. The Kier molecular flexibility index (Phi) is 18.0. The normalized spacial score (nSPS) is 12.9. The van der Waals surface area contributed by atoms with Crippen molar-refractivity contribution in [1.82, 2.24) is 0 Å². The van der Waals surface area contributed by atoms with E-state index in [9.17, 15) is 0 Å². The molecule has 0 fully saturated rings. The second-order valence-corrected chi connectivity index (χ2v) is 34.2. The summed E-state index contributed by atoms with van der Waals surface area (Å²) in [6.07, 6.45) is 0. The Morgan fingerprint density at radius 2 is 0.422 bits per heavy atom. The van der Waals surface area contributed by atoms with Crippen LogP contribution in [0, 0.1) is 0 Å². The third-order valence-electron chi connectivity index (χ3n) is 27.5. The summed E-state index contributed by atoms with van der Waals surface area (Å²) in [6.45, 7) is 1.04. The van der Waals surface area contributed by atoms with Gasteiger partial charge in [-0.1, -0.05) is 404 Å². The third kappa shape index (κ3) is 12.0. The molecule has 4 nitrogen and oxygen atoms in total. The van der Waals surface area contributed by atoms with Gasteiger partial charge in [0, 0.05) is 68.2 Å². The zero-order valence-electron chi connectivity index (χ0n) is 70.3. The summed E-state index contributed by atoms with van der Waals surface area (Å²) in [5, 5.41) is 0. The number of nitrogens with zero attached hydrogens (tertiary/aromatic N) is 4. The van der Waals surface area contributed by atoms with Crippen LogP contribution < -0.4 is 85.2 Å². The van der Waals surface area contributed by atoms with Crippen LogP contribution in [0.3, 0.4) is 0 Å². The predicted octanol–water partition coefficient (Wildman–Crippen LogP) is 22.5. The van der Waals surface area contributed by atoms with E-state index >= 15 is 0 Å². The summed E-state index contributed by atoms with van der Waals surface area (Å²) in [4.78, 5) is 9.74. The van der Waals surface area contributed by atoms with E-state index in [4.69, 9.17) is 0 Å². The molecule has 0 spiro atoms. The molecule has 0 saturated heterocycles. The third-order valence-corrected chi connectivity index (χ3v) is 27.5. The molecular weight excluding hydrogens is 1540 g/mol. The topological polar surface area (TPSA) is 13.0 Å². The minimum absolute atomic E-state index is 0.240. The molecule has 8 heterocycles. The molecule has 20 aromatic carbocycles. The number of benzene rings is 20. The number of rotatable bonds is 8. The second-order valence-electron chi connectivity index (χ2n) is 34.2. The summed E-state index contributed by atoms with van der Waals surface area (Å²) < 4.78 is 0. The van der Waals surface area contributed by atoms with Gasteiger partial charge in [0.25, 0.3) is 0 Å². The predicted molar refractivity (Wildman–Crippen MR) is 547 cm³/mol. The minimum atomic E-state index is 0.240. The summed E-state index contributed by atoms with van der Waals surface area (Å²) in [5.74, 6) is 0. The standard InChI is InChI=1S/4C30H20BN/c1-3-11-21(12-4-1)23-15-9-16-24-25-17-10-20-28-30(25)31(29(23)24)26-18-7-8-19-27(26)32(28)22-13-5-2-6-14-22;1-3-11-21(12-4-1)22-19-25-24-15-7-8-16-26(24)31-27-17-9-10-18-28(27)32(29(20-22)30(25)31)23-13-5-2-6-14-23;1-3-11-21(12-4-1)23-19-20-28-30-29(23)24-15-7-8-16-25(24)31(30)26-17-9-10-18-27(26)32(28)22-13-5-2-6-14-22;1-3-10-21(11-4-1)22-18-19-24-25-14-9-17-29-30(25)31(27(24)20-22)26-15-7-8-16-28(26)32(29)23-12-5-2-6-13-23/h4*1-20H. The molecule has 128 heavy (non-hydrogen) atoms. The highest BCUT2D eigenvalue weighted by Gasteiger charge is 2.48. The fraction of sp³-hybridized carbons (Fsp3) is 0. The van der Waals surface area contributed by atoms with Crippen molar-refractivity contribution in [3.8, 4) is 89.0 Å². The number of anilines is 12. The Labute approximate surface area is 749 Å². The minimum Gasteiger partial charge on any atom is -0.312 e. The molecule has 8 aliphatic rings. The molecule has 0 saturated carbocycles. The fourth-order valence-electron chi connectivity index (χ4n) is 22.3. The van der Waals surface area contributed by atoms with E-state index in [2.05, 4.69) is 505 Å². The maximum atomic E-state index is 2.45. The van der Waals surface area contributed by atoms with Crippen LogP contribution >= 0.6 is 0 Å². The van der Waals surface area contributed by atoms with Gasteiger partial charge in [0.15, 0.2) is 0 Å². The van der Waals surface area contributed by atoms with Gasteiger partial charge in [0.05, 0.1) is 0 Å². The molecule has 0 radical (unpaired) electrons. The Hall–Kier alpha value is -16.1. The Bertz CT molecular complexity index is 7640. The van der Waals surface area contributed by atoms with Gasteiger partial charge in [-0.05, 0) is 236 Å². The average molecular weight is 1620 g/mol. The first-order valence-corrected chi connectivity index (χ1v) is 44.7. The molecule has 28 rings (SSSR count). The largest absolute Gasteiger partial charge is 0.312 e. The van der Waals surface area contributed by atoms with Crippen molar-refractivity contribution >= 4 is 161 Å². The molecular formula is C120H80B4N4. The van der Waals surface area contributed by atoms with Gasteiger partial charge in [0.1, 0.15) is 0 Å². The van der Waals surface area contributed by atoms with Crippen LogP contribution in [-0.2, 0) is 0 Å². The van der Waals surface area contributed by atoms with E-state index in [0.717, 1.165) is 0 Å². The lowest BCUT2D eigenvalue weighted by Gasteiger charge is -2.36. The zero-order valence-corrected chi connectivity index (χ0v) is 70.3. The van der Waals surface area contributed by atoms with E-state index in [0.29, 0.717) is 0 Å². The van der Waals surface area contributed by atoms with E-state index in [1.54, 1.807) is 0 Å². The van der Waals surface area contributed by atoms with Crippen LogP contribution in [0.25, 0.3) is 89.0 Å². The van der Waals surface area contributed by atoms with Crippen molar-refractivity contribution in [2.45, 2.75) is 0 Å². The first kappa shape index (κ1) is 74.5. The molecule has 0 N–H and O–H groups in total. The van der Waals surface area contributed by atoms with Gasteiger partial charge in [-0.3, -0.25) is 0 Å². The summed E-state index contributed by atoms with van der Waals surface area (Å²) in [7, 11) is 0. The SMILES string of the molecule is c1ccc(-c2cc3c4c(c2)N(c2ccccc2)c2ccccc2B4c2ccccc2-3)cc1.c1ccc(-c2ccc3c(c2)B2c4ccccc4N(c4ccccc4)c4cccc-3c42)cc1.c1ccc(-c2ccc3c4c2-c2ccccc2B4c2ccccc2N3c2ccccc2)cc1.c1ccc(-c2cccc3c2B2c4ccccc4N(c4ccccc4)c4cccc-3c42)cc1. The zero-order chi connectivity index (χ0) is 84.3. The van der Waals surface area contributed by atoms with Crippen molar-refractivity contribution in [1.29, 1.82) is 0 Å². The smallest absolute Gasteiger partial charge is 0.249 e. The van der Waals surface area contributed by atoms with Crippen molar-refractivity contribution in [3.63, 3.8) is 0 Å². The molecule has 0 atom stereocenters. The van der Waals surface area contributed by atoms with Gasteiger partial charge in [0.2, 0.25) is 26.9 Å². The van der Waals surface area contributed by atoms with Crippen LogP contribution in [0.5, 0.6) is 0 Å². The molecule has 0 bridgehead atoms. The van der Waals surface area contributed by atoms with Gasteiger partial charge >= 0.3 is 0 Å². The van der Waals surface area contributed by atoms with Gasteiger partial charge in [-0.25, -0.2) is 0 Å². The first-order valence-electron chi connectivity index (χ1n) is 44.7.